The number of hydrogen-bond acceptors (Lipinski definition) is 4. The lowest BCUT2D eigenvalue weighted by atomic mass is 9.95. The Morgan fingerprint density at radius 2 is 1.95 bits per heavy atom. The van der Waals surface area contributed by atoms with Gasteiger partial charge in [0.2, 0.25) is 11.8 Å². The fourth-order valence-electron chi connectivity index (χ4n) is 1.67. The van der Waals surface area contributed by atoms with Gasteiger partial charge in [-0.3, -0.25) is 9.59 Å². The average Bonchev–Trinajstić information content (AvgIpc) is 2.43. The summed E-state index contributed by atoms with van der Waals surface area (Å²) in [6.45, 7) is 7.17. The second kappa shape index (κ2) is 7.61. The van der Waals surface area contributed by atoms with Gasteiger partial charge in [0.15, 0.2) is 0 Å². The first-order valence-electron chi connectivity index (χ1n) is 6.94. The molecule has 6 nitrogen and oxygen atoms in total. The standard InChI is InChI=1S/C15H22N2O4/c1-9(2)21-14-12(6-5-7-16-14)8-17-13(18)10(3)11(4)15(19)20/h5-7,9-11H,8H2,1-4H3,(H,17,18)(H,19,20). The summed E-state index contributed by atoms with van der Waals surface area (Å²) in [4.78, 5) is 27.0. The summed E-state index contributed by atoms with van der Waals surface area (Å²) in [6, 6.07) is 3.58. The van der Waals surface area contributed by atoms with Crippen molar-refractivity contribution >= 4 is 11.9 Å². The topological polar surface area (TPSA) is 88.5 Å². The average molecular weight is 294 g/mol. The largest absolute Gasteiger partial charge is 0.481 e. The number of nitrogens with one attached hydrogen (secondary N) is 1. The molecular weight excluding hydrogens is 272 g/mol. The van der Waals surface area contributed by atoms with E-state index in [1.54, 1.807) is 19.2 Å². The van der Waals surface area contributed by atoms with Gasteiger partial charge in [-0.1, -0.05) is 19.9 Å². The number of carbonyl (C=O) groups is 2. The molecule has 0 radical (unpaired) electrons. The number of amides is 1. The summed E-state index contributed by atoms with van der Waals surface area (Å²) in [7, 11) is 0. The third-order valence-electron chi connectivity index (χ3n) is 3.20. The molecule has 1 aromatic heterocycles. The normalized spacial score (nSPS) is 13.6. The zero-order valence-corrected chi connectivity index (χ0v) is 12.8. The van der Waals surface area contributed by atoms with Gasteiger partial charge >= 0.3 is 5.97 Å². The Labute approximate surface area is 124 Å². The van der Waals surface area contributed by atoms with E-state index in [1.165, 1.54) is 6.92 Å². The van der Waals surface area contributed by atoms with Crippen molar-refractivity contribution in [1.82, 2.24) is 10.3 Å². The summed E-state index contributed by atoms with van der Waals surface area (Å²) in [5, 5.41) is 11.6. The Kier molecular flexibility index (Phi) is 6.14. The van der Waals surface area contributed by atoms with Gasteiger partial charge in [0.1, 0.15) is 0 Å². The number of carboxylic acid groups (broad SMARTS) is 1. The Morgan fingerprint density at radius 1 is 1.29 bits per heavy atom. The van der Waals surface area contributed by atoms with Crippen LogP contribution >= 0.6 is 0 Å². The van der Waals surface area contributed by atoms with E-state index in [1.807, 2.05) is 19.9 Å². The van der Waals surface area contributed by atoms with Crippen LogP contribution in [0.5, 0.6) is 5.88 Å². The van der Waals surface area contributed by atoms with Crippen LogP contribution < -0.4 is 10.1 Å². The van der Waals surface area contributed by atoms with Crippen LogP contribution in [0.1, 0.15) is 33.3 Å². The SMILES string of the molecule is CC(C)Oc1ncccc1CNC(=O)C(C)C(C)C(=O)O. The molecule has 0 aliphatic rings. The monoisotopic (exact) mass is 294 g/mol. The van der Waals surface area contributed by atoms with Crippen LogP contribution in [0.15, 0.2) is 18.3 Å². The van der Waals surface area contributed by atoms with Crippen LogP contribution in [0, 0.1) is 11.8 Å². The molecule has 0 saturated carbocycles. The third kappa shape index (κ3) is 5.06. The summed E-state index contributed by atoms with van der Waals surface area (Å²) in [5.74, 6) is -2.14. The highest BCUT2D eigenvalue weighted by atomic mass is 16.5. The maximum atomic E-state index is 12.0. The van der Waals surface area contributed by atoms with Gasteiger partial charge in [0.25, 0.3) is 0 Å². The minimum absolute atomic E-state index is 0.0136. The number of pyridine rings is 1. The molecule has 2 N–H and O–H groups in total. The number of carbonyl (C=O) groups excluding carboxylic acids is 1. The van der Waals surface area contributed by atoms with Crippen LogP contribution in [0.3, 0.4) is 0 Å². The van der Waals surface area contributed by atoms with Crippen molar-refractivity contribution in [2.24, 2.45) is 11.8 Å². The molecule has 1 heterocycles. The summed E-state index contributed by atoms with van der Waals surface area (Å²) < 4.78 is 5.57. The molecule has 1 amide bonds. The van der Waals surface area contributed by atoms with Crippen LogP contribution in [0.25, 0.3) is 0 Å². The van der Waals surface area contributed by atoms with E-state index >= 15 is 0 Å². The van der Waals surface area contributed by atoms with Gasteiger partial charge in [-0.15, -0.1) is 0 Å². The van der Waals surface area contributed by atoms with Crippen molar-refractivity contribution in [1.29, 1.82) is 0 Å². The maximum Gasteiger partial charge on any atom is 0.307 e. The molecule has 0 aliphatic carbocycles. The molecule has 0 bridgehead atoms. The first-order chi connectivity index (χ1) is 9.82. The van der Waals surface area contributed by atoms with Gasteiger partial charge in [-0.05, 0) is 19.9 Å². The second-order valence-electron chi connectivity index (χ2n) is 5.27. The molecule has 0 saturated heterocycles. The van der Waals surface area contributed by atoms with Gasteiger partial charge in [-0.2, -0.15) is 0 Å². The molecule has 0 spiro atoms. The zero-order chi connectivity index (χ0) is 16.0. The number of carboxylic acids is 1. The van der Waals surface area contributed by atoms with Crippen LogP contribution in [0.2, 0.25) is 0 Å². The minimum Gasteiger partial charge on any atom is -0.481 e. The molecular formula is C15H22N2O4. The number of rotatable bonds is 7. The fourth-order valence-corrected chi connectivity index (χ4v) is 1.67. The van der Waals surface area contributed by atoms with Crippen molar-refractivity contribution in [3.8, 4) is 5.88 Å². The van der Waals surface area contributed by atoms with E-state index in [4.69, 9.17) is 9.84 Å². The zero-order valence-electron chi connectivity index (χ0n) is 12.8. The number of aliphatic carboxylic acids is 1. The highest BCUT2D eigenvalue weighted by Crippen LogP contribution is 2.16. The van der Waals surface area contributed by atoms with E-state index < -0.39 is 17.8 Å². The molecule has 0 fully saturated rings. The highest BCUT2D eigenvalue weighted by Gasteiger charge is 2.25. The van der Waals surface area contributed by atoms with Crippen molar-refractivity contribution in [2.45, 2.75) is 40.3 Å². The first-order valence-corrected chi connectivity index (χ1v) is 6.94. The number of hydrogen-bond donors (Lipinski definition) is 2. The van der Waals surface area contributed by atoms with E-state index in [9.17, 15) is 9.59 Å². The molecule has 1 rings (SSSR count). The Morgan fingerprint density at radius 3 is 2.52 bits per heavy atom. The fraction of sp³-hybridized carbons (Fsp3) is 0.533. The first kappa shape index (κ1) is 16.9. The number of nitrogens with zero attached hydrogens (tertiary/aromatic N) is 1. The Bertz CT molecular complexity index is 502. The second-order valence-corrected chi connectivity index (χ2v) is 5.27. The lowest BCUT2D eigenvalue weighted by molar-refractivity contribution is -0.146. The molecule has 1 aromatic rings. The quantitative estimate of drug-likeness (QED) is 0.801. The van der Waals surface area contributed by atoms with E-state index in [0.717, 1.165) is 5.56 Å². The van der Waals surface area contributed by atoms with Gasteiger partial charge in [-0.25, -0.2) is 4.98 Å². The van der Waals surface area contributed by atoms with Crippen LogP contribution in [0.4, 0.5) is 0 Å². The maximum absolute atomic E-state index is 12.0. The Balaban J connectivity index is 2.67. The third-order valence-corrected chi connectivity index (χ3v) is 3.20. The molecule has 0 aliphatic heterocycles. The van der Waals surface area contributed by atoms with Crippen molar-refractivity contribution in [3.05, 3.63) is 23.9 Å². The van der Waals surface area contributed by atoms with Gasteiger partial charge in [0, 0.05) is 24.2 Å². The van der Waals surface area contributed by atoms with E-state index in [-0.39, 0.29) is 18.6 Å². The highest BCUT2D eigenvalue weighted by molar-refractivity contribution is 5.84. The van der Waals surface area contributed by atoms with Crippen molar-refractivity contribution in [2.75, 3.05) is 0 Å². The van der Waals surface area contributed by atoms with Gasteiger partial charge < -0.3 is 15.2 Å². The van der Waals surface area contributed by atoms with Crippen molar-refractivity contribution in [3.63, 3.8) is 0 Å². The number of aromatic nitrogens is 1. The molecule has 0 aromatic carbocycles. The van der Waals surface area contributed by atoms with Crippen molar-refractivity contribution < 1.29 is 19.4 Å². The van der Waals surface area contributed by atoms with E-state index in [2.05, 4.69) is 10.3 Å². The summed E-state index contributed by atoms with van der Waals surface area (Å²) >= 11 is 0. The predicted octanol–water partition coefficient (Wildman–Crippen LogP) is 1.84. The smallest absolute Gasteiger partial charge is 0.307 e. The number of ether oxygens (including phenoxy) is 1. The molecule has 116 valence electrons. The van der Waals surface area contributed by atoms with Crippen LogP contribution in [-0.4, -0.2) is 28.1 Å². The molecule has 2 unspecified atom stereocenters. The lowest BCUT2D eigenvalue weighted by Crippen LogP contribution is -2.35. The molecule has 6 heteroatoms. The molecule has 21 heavy (non-hydrogen) atoms. The predicted molar refractivity (Wildman–Crippen MR) is 77.8 cm³/mol. The summed E-state index contributed by atoms with van der Waals surface area (Å²) in [6.07, 6.45) is 1.61. The van der Waals surface area contributed by atoms with Gasteiger partial charge in [0.05, 0.1) is 12.0 Å². The summed E-state index contributed by atoms with van der Waals surface area (Å²) in [5.41, 5.74) is 0.759. The van der Waals surface area contributed by atoms with Crippen LogP contribution in [-0.2, 0) is 16.1 Å². The minimum atomic E-state index is -0.983. The molecule has 2 atom stereocenters. The lowest BCUT2D eigenvalue weighted by Gasteiger charge is -2.17. The van der Waals surface area contributed by atoms with E-state index in [0.29, 0.717) is 5.88 Å². The Hall–Kier alpha value is -2.11.